The van der Waals surface area contributed by atoms with Crippen LogP contribution in [0.25, 0.3) is 0 Å². The van der Waals surface area contributed by atoms with Crippen molar-refractivity contribution in [3.63, 3.8) is 0 Å². The van der Waals surface area contributed by atoms with Crippen LogP contribution in [0.2, 0.25) is 12.6 Å². The van der Waals surface area contributed by atoms with E-state index in [9.17, 15) is 4.79 Å². The Morgan fingerprint density at radius 2 is 1.65 bits per heavy atom. The van der Waals surface area contributed by atoms with Crippen LogP contribution >= 0.6 is 11.8 Å². The van der Waals surface area contributed by atoms with Crippen molar-refractivity contribution >= 4 is 25.4 Å². The Labute approximate surface area is 111 Å². The van der Waals surface area contributed by atoms with Crippen LogP contribution < -0.4 is 0 Å². The highest BCUT2D eigenvalue weighted by Crippen LogP contribution is 2.21. The molecule has 0 aromatic carbocycles. The Balaban J connectivity index is 4.13. The minimum absolute atomic E-state index is 0.183. The quantitative estimate of drug-likeness (QED) is 0.502. The van der Waals surface area contributed by atoms with Gasteiger partial charge < -0.3 is 8.85 Å². The van der Waals surface area contributed by atoms with Crippen molar-refractivity contribution in [2.45, 2.75) is 65.8 Å². The second-order valence-corrected chi connectivity index (χ2v) is 9.42. The summed E-state index contributed by atoms with van der Waals surface area (Å²) in [5.74, 6) is 0.862. The monoisotopic (exact) mass is 278 g/mol. The summed E-state index contributed by atoms with van der Waals surface area (Å²) < 4.78 is 12.0. The number of hydrogen-bond acceptors (Lipinski definition) is 4. The maximum atomic E-state index is 10.8. The molecular weight excluding hydrogens is 252 g/mol. The molecule has 0 rings (SSSR count). The maximum absolute atomic E-state index is 10.8. The van der Waals surface area contributed by atoms with E-state index in [1.165, 1.54) is 11.8 Å². The molecule has 102 valence electrons. The van der Waals surface area contributed by atoms with Crippen molar-refractivity contribution in [1.29, 1.82) is 0 Å². The average molecular weight is 278 g/mol. The Bertz CT molecular complexity index is 222. The first-order valence-corrected chi connectivity index (χ1v) is 9.75. The van der Waals surface area contributed by atoms with Gasteiger partial charge in [0.2, 0.25) is 0 Å². The third-order valence-electron chi connectivity index (χ3n) is 2.05. The van der Waals surface area contributed by atoms with Crippen molar-refractivity contribution in [2.75, 3.05) is 5.75 Å². The Kier molecular flexibility index (Phi) is 8.37. The molecular formula is C12H26O3SSi. The van der Waals surface area contributed by atoms with Gasteiger partial charge in [0.05, 0.1) is 0 Å². The number of hydrogen-bond donors (Lipinski definition) is 0. The highest BCUT2D eigenvalue weighted by molar-refractivity contribution is 8.13. The van der Waals surface area contributed by atoms with Crippen LogP contribution in [0.5, 0.6) is 0 Å². The SMILES string of the molecule is CC(=O)SCCC[Si](C)(OC(C)C)OC(C)C. The number of rotatable bonds is 8. The number of thioether (sulfide) groups is 1. The van der Waals surface area contributed by atoms with Gasteiger partial charge in [0.25, 0.3) is 0 Å². The van der Waals surface area contributed by atoms with Gasteiger partial charge in [-0.2, -0.15) is 0 Å². The van der Waals surface area contributed by atoms with Crippen LogP contribution in [-0.4, -0.2) is 31.6 Å². The summed E-state index contributed by atoms with van der Waals surface area (Å²) in [6.07, 6.45) is 1.38. The molecule has 0 amide bonds. The lowest BCUT2D eigenvalue weighted by atomic mass is 10.5. The molecule has 0 aromatic heterocycles. The van der Waals surface area contributed by atoms with Crippen molar-refractivity contribution in [3.05, 3.63) is 0 Å². The van der Waals surface area contributed by atoms with Crippen molar-refractivity contribution in [1.82, 2.24) is 0 Å². The van der Waals surface area contributed by atoms with Gasteiger partial charge in [-0.15, -0.1) is 0 Å². The molecule has 0 aliphatic rings. The second kappa shape index (κ2) is 8.29. The molecule has 0 N–H and O–H groups in total. The molecule has 0 bridgehead atoms. The van der Waals surface area contributed by atoms with Gasteiger partial charge in [0.15, 0.2) is 5.12 Å². The van der Waals surface area contributed by atoms with E-state index in [0.717, 1.165) is 18.2 Å². The molecule has 0 aliphatic heterocycles. The van der Waals surface area contributed by atoms with Crippen molar-refractivity contribution in [3.8, 4) is 0 Å². The normalized spacial score (nSPS) is 12.5. The fraction of sp³-hybridized carbons (Fsp3) is 0.917. The zero-order chi connectivity index (χ0) is 13.5. The van der Waals surface area contributed by atoms with Gasteiger partial charge in [-0.1, -0.05) is 11.8 Å². The standard InChI is InChI=1S/C12H26O3SSi/c1-10(2)14-17(6,15-11(3)4)9-7-8-16-12(5)13/h10-11H,7-9H2,1-6H3. The largest absolute Gasteiger partial charge is 0.392 e. The molecule has 0 saturated heterocycles. The van der Waals surface area contributed by atoms with Crippen LogP contribution in [0.3, 0.4) is 0 Å². The third kappa shape index (κ3) is 9.82. The lowest BCUT2D eigenvalue weighted by Crippen LogP contribution is -2.43. The van der Waals surface area contributed by atoms with E-state index < -0.39 is 8.56 Å². The minimum Gasteiger partial charge on any atom is -0.392 e. The smallest absolute Gasteiger partial charge is 0.335 e. The molecule has 17 heavy (non-hydrogen) atoms. The lowest BCUT2D eigenvalue weighted by Gasteiger charge is -2.31. The summed E-state index contributed by atoms with van der Waals surface area (Å²) in [6.45, 7) is 11.9. The van der Waals surface area contributed by atoms with Crippen LogP contribution in [-0.2, 0) is 13.6 Å². The first kappa shape index (κ1) is 17.2. The molecule has 0 aromatic rings. The molecule has 0 radical (unpaired) electrons. The van der Waals surface area contributed by atoms with Crippen molar-refractivity contribution < 1.29 is 13.6 Å². The van der Waals surface area contributed by atoms with Gasteiger partial charge in [0, 0.05) is 24.9 Å². The molecule has 0 heterocycles. The van der Waals surface area contributed by atoms with Crippen molar-refractivity contribution in [2.24, 2.45) is 0 Å². The van der Waals surface area contributed by atoms with E-state index in [0.29, 0.717) is 0 Å². The van der Waals surface area contributed by atoms with E-state index in [1.54, 1.807) is 6.92 Å². The molecule has 0 fully saturated rings. The van der Waals surface area contributed by atoms with Gasteiger partial charge in [-0.05, 0) is 46.7 Å². The molecule has 0 atom stereocenters. The molecule has 3 nitrogen and oxygen atoms in total. The zero-order valence-corrected chi connectivity index (χ0v) is 13.7. The minimum atomic E-state index is -2.07. The summed E-state index contributed by atoms with van der Waals surface area (Å²) >= 11 is 1.38. The Morgan fingerprint density at radius 1 is 1.18 bits per heavy atom. The molecule has 0 spiro atoms. The van der Waals surface area contributed by atoms with Crippen LogP contribution in [0, 0.1) is 0 Å². The summed E-state index contributed by atoms with van der Waals surface area (Å²) in [5.41, 5.74) is 0. The van der Waals surface area contributed by atoms with Crippen LogP contribution in [0.4, 0.5) is 0 Å². The average Bonchev–Trinajstić information content (AvgIpc) is 2.09. The van der Waals surface area contributed by atoms with E-state index in [1.807, 2.05) is 27.7 Å². The van der Waals surface area contributed by atoms with E-state index in [-0.39, 0.29) is 17.3 Å². The molecule has 5 heteroatoms. The summed E-state index contributed by atoms with van der Waals surface area (Å²) in [6, 6.07) is 0.948. The van der Waals surface area contributed by atoms with Gasteiger partial charge in [-0.3, -0.25) is 4.79 Å². The Hall–Kier alpha value is 0.157. The predicted octanol–water partition coefficient (Wildman–Crippen LogP) is 3.58. The molecule has 0 unspecified atom stereocenters. The topological polar surface area (TPSA) is 35.5 Å². The maximum Gasteiger partial charge on any atom is 0.335 e. The zero-order valence-electron chi connectivity index (χ0n) is 11.9. The number of carbonyl (C=O) groups is 1. The summed E-state index contributed by atoms with van der Waals surface area (Å²) in [5, 5.41) is 0.183. The van der Waals surface area contributed by atoms with Gasteiger partial charge >= 0.3 is 8.56 Å². The first-order valence-electron chi connectivity index (χ1n) is 6.24. The highest BCUT2D eigenvalue weighted by atomic mass is 32.2. The molecule has 0 aliphatic carbocycles. The summed E-state index contributed by atoms with van der Waals surface area (Å²) in [4.78, 5) is 10.8. The predicted molar refractivity (Wildman–Crippen MR) is 76.6 cm³/mol. The van der Waals surface area contributed by atoms with Crippen LogP contribution in [0.1, 0.15) is 41.0 Å². The third-order valence-corrected chi connectivity index (χ3v) is 6.15. The lowest BCUT2D eigenvalue weighted by molar-refractivity contribution is -0.109. The first-order chi connectivity index (χ1) is 7.75. The van der Waals surface area contributed by atoms with E-state index in [4.69, 9.17) is 8.85 Å². The second-order valence-electron chi connectivity index (χ2n) is 4.91. The fourth-order valence-corrected chi connectivity index (χ4v) is 5.69. The molecule has 0 saturated carbocycles. The van der Waals surface area contributed by atoms with E-state index in [2.05, 4.69) is 6.55 Å². The van der Waals surface area contributed by atoms with Gasteiger partial charge in [-0.25, -0.2) is 0 Å². The number of carbonyl (C=O) groups excluding carboxylic acids is 1. The van der Waals surface area contributed by atoms with Gasteiger partial charge in [0.1, 0.15) is 0 Å². The fourth-order valence-electron chi connectivity index (χ4n) is 1.75. The highest BCUT2D eigenvalue weighted by Gasteiger charge is 2.33. The summed E-state index contributed by atoms with van der Waals surface area (Å²) in [7, 11) is -2.07. The Morgan fingerprint density at radius 3 is 2.00 bits per heavy atom. The van der Waals surface area contributed by atoms with E-state index >= 15 is 0 Å². The van der Waals surface area contributed by atoms with Crippen LogP contribution in [0.15, 0.2) is 0 Å².